The largest absolute Gasteiger partial charge is 0.507 e. The summed E-state index contributed by atoms with van der Waals surface area (Å²) in [7, 11) is 0. The molecule has 0 aliphatic carbocycles. The Hall–Kier alpha value is -3.63. The number of rotatable bonds is 9. The Labute approximate surface area is 302 Å². The zero-order chi connectivity index (χ0) is 38.5. The standard InChI is InChI=1S/C35H44O18/c1-12-23(10-36)52-33(13(2)25(12)40)50-21-8-16(37)7-20-17(21)9-22(32(49-20)15-4-5-18(38)19(39)6-15)51-35-31(46)29(44)27(42)24(53-35)11-47-34-30(45)28(43)26(41)14(3)48-34/h4-9,12-14,23-31,33-36,40-46H,10-11H2,1-3H3,(H2-,37,38,39)/p+1/t12-,13-,14+,23-,24-,25+,26+,27-,28-,29+,30-,31-,33-,34-,35-/m1/s1. The number of hydrogen-bond acceptors (Lipinski definition) is 17. The van der Waals surface area contributed by atoms with Gasteiger partial charge >= 0.3 is 11.3 Å². The third-order valence-corrected chi connectivity index (χ3v) is 10.0. The van der Waals surface area contributed by atoms with Crippen LogP contribution in [0.4, 0.5) is 0 Å². The zero-order valence-electron chi connectivity index (χ0n) is 28.8. The lowest BCUT2D eigenvalue weighted by Gasteiger charge is -2.42. The minimum absolute atomic E-state index is 0.0107. The van der Waals surface area contributed by atoms with Crippen molar-refractivity contribution >= 4 is 11.0 Å². The maximum atomic E-state index is 11.0. The molecule has 18 nitrogen and oxygen atoms in total. The molecule has 3 aliphatic heterocycles. The highest BCUT2D eigenvalue weighted by molar-refractivity contribution is 5.89. The first-order chi connectivity index (χ1) is 25.1. The molecule has 11 N–H and O–H groups in total. The number of aromatic hydroxyl groups is 3. The first kappa shape index (κ1) is 39.1. The number of phenols is 3. The topological polar surface area (TPSA) is 289 Å². The van der Waals surface area contributed by atoms with Crippen molar-refractivity contribution in [3.8, 4) is 40.1 Å². The van der Waals surface area contributed by atoms with Gasteiger partial charge < -0.3 is 84.6 Å². The molecule has 53 heavy (non-hydrogen) atoms. The molecular formula is C35H45O18+. The maximum Gasteiger partial charge on any atom is 0.402 e. The van der Waals surface area contributed by atoms with Crippen molar-refractivity contribution in [2.45, 2.75) is 101 Å². The van der Waals surface area contributed by atoms with Crippen molar-refractivity contribution in [2.75, 3.05) is 13.2 Å². The van der Waals surface area contributed by atoms with E-state index in [4.69, 9.17) is 32.8 Å². The fourth-order valence-electron chi connectivity index (χ4n) is 6.59. The molecule has 6 rings (SSSR count). The van der Waals surface area contributed by atoms with Crippen LogP contribution in [-0.4, -0.2) is 149 Å². The third kappa shape index (κ3) is 7.68. The van der Waals surface area contributed by atoms with E-state index in [1.54, 1.807) is 13.8 Å². The quantitative estimate of drug-likeness (QED) is 0.0947. The Bertz CT molecular complexity index is 1740. The van der Waals surface area contributed by atoms with Crippen molar-refractivity contribution in [2.24, 2.45) is 11.8 Å². The molecule has 2 aromatic carbocycles. The van der Waals surface area contributed by atoms with Gasteiger partial charge in [0.1, 0.15) is 59.6 Å². The number of hydrogen-bond donors (Lipinski definition) is 11. The van der Waals surface area contributed by atoms with Gasteiger partial charge in [-0.25, -0.2) is 4.42 Å². The van der Waals surface area contributed by atoms with Gasteiger partial charge in [0.2, 0.25) is 18.3 Å². The summed E-state index contributed by atoms with van der Waals surface area (Å²) in [6.45, 7) is 3.91. The lowest BCUT2D eigenvalue weighted by atomic mass is 9.86. The molecule has 3 aromatic rings. The van der Waals surface area contributed by atoms with Crippen LogP contribution in [0.3, 0.4) is 0 Å². The summed E-state index contributed by atoms with van der Waals surface area (Å²) in [6, 6.07) is 7.58. The van der Waals surface area contributed by atoms with Crippen LogP contribution >= 0.6 is 0 Å². The lowest BCUT2D eigenvalue weighted by molar-refractivity contribution is -0.318. The Morgan fingerprint density at radius 1 is 0.623 bits per heavy atom. The molecule has 292 valence electrons. The summed E-state index contributed by atoms with van der Waals surface area (Å²) in [4.78, 5) is 0. The molecule has 18 heteroatoms. The van der Waals surface area contributed by atoms with Crippen LogP contribution in [0.5, 0.6) is 28.7 Å². The van der Waals surface area contributed by atoms with Crippen molar-refractivity contribution in [3.63, 3.8) is 0 Å². The summed E-state index contributed by atoms with van der Waals surface area (Å²) in [5, 5.41) is 115. The summed E-state index contributed by atoms with van der Waals surface area (Å²) >= 11 is 0. The molecule has 0 spiro atoms. The molecule has 3 fully saturated rings. The van der Waals surface area contributed by atoms with Gasteiger partial charge in [0.15, 0.2) is 17.8 Å². The average Bonchev–Trinajstić information content (AvgIpc) is 3.13. The molecule has 3 aliphatic rings. The second kappa shape index (κ2) is 15.6. The van der Waals surface area contributed by atoms with Gasteiger partial charge in [-0.15, -0.1) is 0 Å². The van der Waals surface area contributed by atoms with E-state index < -0.39 is 116 Å². The highest BCUT2D eigenvalue weighted by Gasteiger charge is 2.48. The van der Waals surface area contributed by atoms with Gasteiger partial charge in [-0.2, -0.15) is 0 Å². The number of aliphatic hydroxyl groups excluding tert-OH is 8. The number of ether oxygens (including phenoxy) is 6. The van der Waals surface area contributed by atoms with Gasteiger partial charge in [-0.05, 0) is 19.1 Å². The SMILES string of the molecule is C[C@H]1[C@H](Oc2cc(O)cc3[o+]c(-c4ccc(O)c(O)c4)c(O[C@@H]4O[C@H](CO[C@@H]5O[C@@H](C)[C@H](O)[C@@H](O)[C@H]5O)[C@@H](O)[C@H](O)[C@H]4O)cc23)O[C@H](CO)[C@@H](C)[C@@H]1O. The highest BCUT2D eigenvalue weighted by Crippen LogP contribution is 2.44. The Morgan fingerprint density at radius 3 is 1.98 bits per heavy atom. The number of phenolic OH excluding ortho intramolecular Hbond substituents is 3. The molecule has 3 saturated heterocycles. The average molecular weight is 754 g/mol. The van der Waals surface area contributed by atoms with Crippen LogP contribution < -0.4 is 9.47 Å². The Kier molecular flexibility index (Phi) is 11.5. The minimum atomic E-state index is -1.88. The molecule has 0 saturated carbocycles. The molecule has 4 heterocycles. The van der Waals surface area contributed by atoms with Crippen LogP contribution in [0.1, 0.15) is 20.8 Å². The summed E-state index contributed by atoms with van der Waals surface area (Å²) in [5.41, 5.74) is 0.157. The van der Waals surface area contributed by atoms with Gasteiger partial charge in [-0.1, -0.05) is 13.8 Å². The monoisotopic (exact) mass is 753 g/mol. The number of aliphatic hydroxyl groups is 8. The molecule has 0 unspecified atom stereocenters. The fourth-order valence-corrected chi connectivity index (χ4v) is 6.59. The third-order valence-electron chi connectivity index (χ3n) is 10.0. The predicted octanol–water partition coefficient (Wildman–Crippen LogP) is -0.743. The smallest absolute Gasteiger partial charge is 0.402 e. The van der Waals surface area contributed by atoms with Crippen LogP contribution in [0.2, 0.25) is 0 Å². The van der Waals surface area contributed by atoms with Crippen LogP contribution in [0, 0.1) is 11.8 Å². The number of fused-ring (bicyclic) bond motifs is 1. The zero-order valence-corrected chi connectivity index (χ0v) is 28.8. The predicted molar refractivity (Wildman–Crippen MR) is 177 cm³/mol. The lowest BCUT2D eigenvalue weighted by Crippen LogP contribution is -2.61. The van der Waals surface area contributed by atoms with Gasteiger partial charge in [0.25, 0.3) is 0 Å². The summed E-state index contributed by atoms with van der Waals surface area (Å²) in [5.74, 6) is -2.60. The summed E-state index contributed by atoms with van der Waals surface area (Å²) < 4.78 is 41.2. The van der Waals surface area contributed by atoms with Crippen molar-refractivity contribution in [1.82, 2.24) is 0 Å². The first-order valence-electron chi connectivity index (χ1n) is 17.0. The van der Waals surface area contributed by atoms with E-state index in [0.29, 0.717) is 0 Å². The number of benzene rings is 2. The van der Waals surface area contributed by atoms with E-state index in [1.165, 1.54) is 37.3 Å². The summed E-state index contributed by atoms with van der Waals surface area (Å²) in [6.07, 6.45) is -18.5. The van der Waals surface area contributed by atoms with E-state index >= 15 is 0 Å². The van der Waals surface area contributed by atoms with E-state index in [0.717, 1.165) is 6.07 Å². The van der Waals surface area contributed by atoms with E-state index in [9.17, 15) is 56.2 Å². The van der Waals surface area contributed by atoms with Crippen molar-refractivity contribution in [3.05, 3.63) is 36.4 Å². The Balaban J connectivity index is 1.34. The van der Waals surface area contributed by atoms with Gasteiger partial charge in [0.05, 0.1) is 43.2 Å². The van der Waals surface area contributed by atoms with Crippen LogP contribution in [0.15, 0.2) is 40.8 Å². The molecule has 15 atom stereocenters. The second-order valence-corrected chi connectivity index (χ2v) is 13.7. The fraction of sp³-hybridized carbons (Fsp3) is 0.571. The van der Waals surface area contributed by atoms with E-state index in [-0.39, 0.29) is 39.5 Å². The first-order valence-corrected chi connectivity index (χ1v) is 17.0. The van der Waals surface area contributed by atoms with Crippen molar-refractivity contribution in [1.29, 1.82) is 0 Å². The molecule has 0 amide bonds. The highest BCUT2D eigenvalue weighted by atomic mass is 16.7. The van der Waals surface area contributed by atoms with E-state index in [1.807, 2.05) is 0 Å². The van der Waals surface area contributed by atoms with Crippen molar-refractivity contribution < 1.29 is 89.0 Å². The Morgan fingerprint density at radius 2 is 1.28 bits per heavy atom. The molecule has 0 radical (unpaired) electrons. The second-order valence-electron chi connectivity index (χ2n) is 13.7. The maximum absolute atomic E-state index is 11.0. The molecule has 1 aromatic heterocycles. The molecular weight excluding hydrogens is 708 g/mol. The van der Waals surface area contributed by atoms with Crippen LogP contribution in [0.25, 0.3) is 22.3 Å². The molecule has 0 bridgehead atoms. The van der Waals surface area contributed by atoms with E-state index in [2.05, 4.69) is 0 Å². The van der Waals surface area contributed by atoms with Crippen LogP contribution in [-0.2, 0) is 18.9 Å². The van der Waals surface area contributed by atoms with Gasteiger partial charge in [0, 0.05) is 30.0 Å². The normalized spacial score (nSPS) is 37.8. The van der Waals surface area contributed by atoms with Gasteiger partial charge in [-0.3, -0.25) is 0 Å². The minimum Gasteiger partial charge on any atom is -0.507 e.